The number of carbonyl (C=O) groups is 1. The molecule has 0 saturated carbocycles. The second-order valence-electron chi connectivity index (χ2n) is 4.58. The van der Waals surface area contributed by atoms with Crippen molar-refractivity contribution in [1.82, 2.24) is 9.97 Å². The number of nitrogens with two attached hydrogens (primary N) is 1. The van der Waals surface area contributed by atoms with Crippen LogP contribution in [0.25, 0.3) is 11.4 Å². The van der Waals surface area contributed by atoms with Crippen molar-refractivity contribution in [2.24, 2.45) is 0 Å². The molecule has 0 fully saturated rings. The predicted molar refractivity (Wildman–Crippen MR) is 79.8 cm³/mol. The van der Waals surface area contributed by atoms with Gasteiger partial charge in [-0.1, -0.05) is 24.3 Å². The van der Waals surface area contributed by atoms with Crippen LogP contribution in [0.1, 0.15) is 18.1 Å². The van der Waals surface area contributed by atoms with Crippen LogP contribution in [0.15, 0.2) is 29.1 Å². The number of hydrogen-bond acceptors (Lipinski definition) is 5. The molecule has 0 atom stereocenters. The number of nitrogens with zero attached hydrogens (tertiary/aromatic N) is 1. The monoisotopic (exact) mass is 287 g/mol. The van der Waals surface area contributed by atoms with E-state index >= 15 is 0 Å². The molecule has 0 spiro atoms. The number of esters is 1. The minimum Gasteiger partial charge on any atom is -0.466 e. The fourth-order valence-corrected chi connectivity index (χ4v) is 2.01. The van der Waals surface area contributed by atoms with Gasteiger partial charge in [-0.2, -0.15) is 0 Å². The lowest BCUT2D eigenvalue weighted by Gasteiger charge is -2.08. The van der Waals surface area contributed by atoms with E-state index in [0.29, 0.717) is 5.82 Å². The van der Waals surface area contributed by atoms with Gasteiger partial charge in [0.05, 0.1) is 18.6 Å². The van der Waals surface area contributed by atoms with Gasteiger partial charge in [0.15, 0.2) is 0 Å². The maximum atomic E-state index is 12.1. The Morgan fingerprint density at radius 3 is 2.71 bits per heavy atom. The zero-order chi connectivity index (χ0) is 15.4. The Balaban J connectivity index is 2.40. The Bertz CT molecular complexity index is 722. The number of anilines is 1. The molecular weight excluding hydrogens is 270 g/mol. The Hall–Kier alpha value is -2.63. The van der Waals surface area contributed by atoms with Gasteiger partial charge in [0.25, 0.3) is 5.56 Å². The fourth-order valence-electron chi connectivity index (χ4n) is 2.01. The highest BCUT2D eigenvalue weighted by Gasteiger charge is 2.15. The molecule has 0 unspecified atom stereocenters. The Morgan fingerprint density at radius 2 is 2.10 bits per heavy atom. The summed E-state index contributed by atoms with van der Waals surface area (Å²) in [5, 5.41) is 0. The third-order valence-electron chi connectivity index (χ3n) is 3.07. The van der Waals surface area contributed by atoms with E-state index < -0.39 is 11.5 Å². The molecule has 2 rings (SSSR count). The van der Waals surface area contributed by atoms with Gasteiger partial charge < -0.3 is 15.5 Å². The standard InChI is InChI=1S/C15H17N3O3/c1-3-21-12(19)8-11-13(16)17-14(18-15(11)20)10-7-5-4-6-9(10)2/h4-7H,3,8H2,1-2H3,(H3,16,17,18,20). The number of benzene rings is 1. The zero-order valence-corrected chi connectivity index (χ0v) is 12.0. The first-order chi connectivity index (χ1) is 10.0. The fraction of sp³-hybridized carbons (Fsp3) is 0.267. The maximum Gasteiger partial charge on any atom is 0.310 e. The highest BCUT2D eigenvalue weighted by atomic mass is 16.5. The van der Waals surface area contributed by atoms with E-state index in [4.69, 9.17) is 10.5 Å². The third kappa shape index (κ3) is 3.28. The van der Waals surface area contributed by atoms with Gasteiger partial charge in [0.2, 0.25) is 0 Å². The molecule has 1 aromatic heterocycles. The van der Waals surface area contributed by atoms with E-state index in [2.05, 4.69) is 9.97 Å². The van der Waals surface area contributed by atoms with Crippen LogP contribution in [0, 0.1) is 6.92 Å². The summed E-state index contributed by atoms with van der Waals surface area (Å²) in [7, 11) is 0. The molecule has 0 aliphatic heterocycles. The number of aromatic amines is 1. The van der Waals surface area contributed by atoms with Gasteiger partial charge in [0.1, 0.15) is 11.6 Å². The second kappa shape index (κ2) is 6.21. The average molecular weight is 287 g/mol. The van der Waals surface area contributed by atoms with Crippen LogP contribution in [0.4, 0.5) is 5.82 Å². The first-order valence-electron chi connectivity index (χ1n) is 6.63. The summed E-state index contributed by atoms with van der Waals surface area (Å²) < 4.78 is 4.81. The first kappa shape index (κ1) is 14.8. The number of aryl methyl sites for hydroxylation is 1. The van der Waals surface area contributed by atoms with Gasteiger partial charge in [-0.25, -0.2) is 4.98 Å². The first-order valence-corrected chi connectivity index (χ1v) is 6.63. The number of nitrogens with one attached hydrogen (secondary N) is 1. The van der Waals surface area contributed by atoms with Crippen LogP contribution >= 0.6 is 0 Å². The molecular formula is C15H17N3O3. The van der Waals surface area contributed by atoms with Crippen molar-refractivity contribution in [1.29, 1.82) is 0 Å². The van der Waals surface area contributed by atoms with Crippen LogP contribution in [-0.2, 0) is 16.0 Å². The van der Waals surface area contributed by atoms with Crippen LogP contribution in [0.5, 0.6) is 0 Å². The summed E-state index contributed by atoms with van der Waals surface area (Å²) in [5.41, 5.74) is 7.29. The van der Waals surface area contributed by atoms with Crippen molar-refractivity contribution in [3.05, 3.63) is 45.7 Å². The van der Waals surface area contributed by atoms with Gasteiger partial charge in [0, 0.05) is 5.56 Å². The van der Waals surface area contributed by atoms with Gasteiger partial charge in [-0.3, -0.25) is 9.59 Å². The number of ether oxygens (including phenoxy) is 1. The topological polar surface area (TPSA) is 98.1 Å². The lowest BCUT2D eigenvalue weighted by molar-refractivity contribution is -0.142. The number of H-pyrrole nitrogens is 1. The van der Waals surface area contributed by atoms with Gasteiger partial charge >= 0.3 is 5.97 Å². The molecule has 6 heteroatoms. The Morgan fingerprint density at radius 1 is 1.38 bits per heavy atom. The molecule has 3 N–H and O–H groups in total. The second-order valence-corrected chi connectivity index (χ2v) is 4.58. The van der Waals surface area contributed by atoms with Gasteiger partial charge in [-0.15, -0.1) is 0 Å². The van der Waals surface area contributed by atoms with Crippen molar-refractivity contribution in [3.8, 4) is 11.4 Å². The van der Waals surface area contributed by atoms with Crippen molar-refractivity contribution >= 4 is 11.8 Å². The van der Waals surface area contributed by atoms with Crippen molar-refractivity contribution in [2.75, 3.05) is 12.3 Å². The molecule has 0 amide bonds. The van der Waals surface area contributed by atoms with Crippen LogP contribution < -0.4 is 11.3 Å². The van der Waals surface area contributed by atoms with Crippen LogP contribution in [-0.4, -0.2) is 22.5 Å². The lowest BCUT2D eigenvalue weighted by Crippen LogP contribution is -2.22. The SMILES string of the molecule is CCOC(=O)Cc1c(N)nc(-c2ccccc2C)[nH]c1=O. The molecule has 110 valence electrons. The Labute approximate surface area is 122 Å². The van der Waals surface area contributed by atoms with Crippen molar-refractivity contribution < 1.29 is 9.53 Å². The molecule has 6 nitrogen and oxygen atoms in total. The smallest absolute Gasteiger partial charge is 0.310 e. The molecule has 0 aliphatic rings. The molecule has 1 aromatic carbocycles. The molecule has 0 radical (unpaired) electrons. The summed E-state index contributed by atoms with van der Waals surface area (Å²) >= 11 is 0. The molecule has 0 saturated heterocycles. The summed E-state index contributed by atoms with van der Waals surface area (Å²) in [5.74, 6) is -0.0617. The van der Waals surface area contributed by atoms with E-state index in [9.17, 15) is 9.59 Å². The zero-order valence-electron chi connectivity index (χ0n) is 12.0. The normalized spacial score (nSPS) is 10.4. The quantitative estimate of drug-likeness (QED) is 0.829. The minimum atomic E-state index is -0.500. The molecule has 2 aromatic rings. The lowest BCUT2D eigenvalue weighted by atomic mass is 10.1. The van der Waals surface area contributed by atoms with E-state index in [1.807, 2.05) is 31.2 Å². The van der Waals surface area contributed by atoms with Crippen molar-refractivity contribution in [3.63, 3.8) is 0 Å². The van der Waals surface area contributed by atoms with Gasteiger partial charge in [-0.05, 0) is 19.4 Å². The minimum absolute atomic E-state index is 0.0463. The largest absolute Gasteiger partial charge is 0.466 e. The van der Waals surface area contributed by atoms with Crippen LogP contribution in [0.3, 0.4) is 0 Å². The summed E-state index contributed by atoms with van der Waals surface area (Å²) in [6.45, 7) is 3.87. The summed E-state index contributed by atoms with van der Waals surface area (Å²) in [6, 6.07) is 7.51. The van der Waals surface area contributed by atoms with Crippen molar-refractivity contribution in [2.45, 2.75) is 20.3 Å². The number of hydrogen-bond donors (Lipinski definition) is 2. The number of nitrogen functional groups attached to an aromatic ring is 1. The predicted octanol–water partition coefficient (Wildman–Crippen LogP) is 1.43. The number of aromatic nitrogens is 2. The molecule has 0 bridgehead atoms. The number of rotatable bonds is 4. The Kier molecular flexibility index (Phi) is 4.37. The van der Waals surface area contributed by atoms with E-state index in [1.54, 1.807) is 6.92 Å². The molecule has 1 heterocycles. The molecule has 0 aliphatic carbocycles. The summed E-state index contributed by atoms with van der Waals surface area (Å²) in [4.78, 5) is 30.4. The van der Waals surface area contributed by atoms with E-state index in [0.717, 1.165) is 11.1 Å². The average Bonchev–Trinajstić information content (AvgIpc) is 2.43. The number of carbonyl (C=O) groups excluding carboxylic acids is 1. The third-order valence-corrected chi connectivity index (χ3v) is 3.07. The highest BCUT2D eigenvalue weighted by Crippen LogP contribution is 2.19. The van der Waals surface area contributed by atoms with E-state index in [-0.39, 0.29) is 24.4 Å². The van der Waals surface area contributed by atoms with E-state index in [1.165, 1.54) is 0 Å². The molecule has 21 heavy (non-hydrogen) atoms. The highest BCUT2D eigenvalue weighted by molar-refractivity contribution is 5.74. The summed E-state index contributed by atoms with van der Waals surface area (Å²) in [6.07, 6.45) is -0.184. The van der Waals surface area contributed by atoms with Crippen LogP contribution in [0.2, 0.25) is 0 Å². The maximum absolute atomic E-state index is 12.1.